The Kier molecular flexibility index (Phi) is 6.92. The largest absolute Gasteiger partial charge is 0.343 e. The van der Waals surface area contributed by atoms with Crippen molar-refractivity contribution in [3.8, 4) is 11.1 Å². The molecule has 170 valence electrons. The van der Waals surface area contributed by atoms with Gasteiger partial charge in [-0.15, -0.1) is 0 Å². The van der Waals surface area contributed by atoms with E-state index < -0.39 is 5.41 Å². The van der Waals surface area contributed by atoms with Crippen LogP contribution in [0.1, 0.15) is 51.0 Å². The number of nitrogens with zero attached hydrogens (tertiary/aromatic N) is 2. The van der Waals surface area contributed by atoms with Gasteiger partial charge in [0.1, 0.15) is 5.82 Å². The Morgan fingerprint density at radius 3 is 2.19 bits per heavy atom. The second-order valence-electron chi connectivity index (χ2n) is 9.26. The zero-order valence-electron chi connectivity index (χ0n) is 19.0. The van der Waals surface area contributed by atoms with Gasteiger partial charge in [0.15, 0.2) is 0 Å². The topological polar surface area (TPSA) is 40.6 Å². The molecule has 4 nitrogen and oxygen atoms in total. The van der Waals surface area contributed by atoms with Crippen LogP contribution in [-0.4, -0.2) is 47.8 Å². The van der Waals surface area contributed by atoms with Crippen LogP contribution in [0.15, 0.2) is 48.5 Å². The number of hydrogen-bond donors (Lipinski definition) is 0. The molecule has 2 fully saturated rings. The molecule has 0 N–H and O–H groups in total. The zero-order valence-corrected chi connectivity index (χ0v) is 19.0. The first-order valence-electron chi connectivity index (χ1n) is 11.9. The molecule has 5 heteroatoms. The molecule has 0 bridgehead atoms. The highest BCUT2D eigenvalue weighted by Crippen LogP contribution is 2.39. The third-order valence-electron chi connectivity index (χ3n) is 7.07. The van der Waals surface area contributed by atoms with Crippen molar-refractivity contribution in [3.63, 3.8) is 0 Å². The molecule has 2 aliphatic heterocycles. The van der Waals surface area contributed by atoms with Gasteiger partial charge >= 0.3 is 0 Å². The number of likely N-dealkylation sites (tertiary alicyclic amines) is 2. The molecule has 2 saturated heterocycles. The van der Waals surface area contributed by atoms with Gasteiger partial charge in [0.2, 0.25) is 11.8 Å². The van der Waals surface area contributed by atoms with Gasteiger partial charge in [-0.1, -0.05) is 49.4 Å². The highest BCUT2D eigenvalue weighted by atomic mass is 19.1. The fraction of sp³-hybridized carbons (Fsp3) is 0.481. The molecule has 0 aromatic heterocycles. The molecule has 0 aliphatic carbocycles. The van der Waals surface area contributed by atoms with Gasteiger partial charge in [-0.3, -0.25) is 9.59 Å². The molecule has 0 radical (unpaired) electrons. The summed E-state index contributed by atoms with van der Waals surface area (Å²) in [5, 5.41) is 0. The van der Waals surface area contributed by atoms with Crippen molar-refractivity contribution < 1.29 is 14.0 Å². The van der Waals surface area contributed by atoms with Gasteiger partial charge in [-0.2, -0.15) is 0 Å². The van der Waals surface area contributed by atoms with Crippen LogP contribution in [0, 0.1) is 11.2 Å². The monoisotopic (exact) mass is 436 g/mol. The number of carbonyl (C=O) groups is 2. The number of halogens is 1. The van der Waals surface area contributed by atoms with Crippen molar-refractivity contribution in [3.05, 3.63) is 59.9 Å². The number of benzene rings is 2. The van der Waals surface area contributed by atoms with Gasteiger partial charge in [0.25, 0.3) is 0 Å². The van der Waals surface area contributed by atoms with E-state index in [1.807, 2.05) is 47.1 Å². The Labute approximate surface area is 190 Å². The molecule has 2 amide bonds. The van der Waals surface area contributed by atoms with Crippen molar-refractivity contribution in [1.82, 2.24) is 9.80 Å². The average molecular weight is 437 g/mol. The number of carbonyl (C=O) groups excluding carboxylic acids is 2. The molecular weight excluding hydrogens is 403 g/mol. The first-order valence-corrected chi connectivity index (χ1v) is 11.9. The first kappa shape index (κ1) is 22.5. The second-order valence-corrected chi connectivity index (χ2v) is 9.26. The summed E-state index contributed by atoms with van der Waals surface area (Å²) in [7, 11) is 0. The second kappa shape index (κ2) is 9.85. The van der Waals surface area contributed by atoms with E-state index >= 15 is 0 Å². The Morgan fingerprint density at radius 2 is 1.56 bits per heavy atom. The molecule has 2 aliphatic rings. The van der Waals surface area contributed by atoms with E-state index in [1.54, 1.807) is 12.1 Å². The van der Waals surface area contributed by atoms with Crippen LogP contribution in [0.2, 0.25) is 0 Å². The SMILES string of the molecule is CCCC(=O)N1CCC(Cc2ccc(-c3ccccc3F)cc2)(C(=O)N2CCCC2)CC1. The zero-order chi connectivity index (χ0) is 22.6. The maximum Gasteiger partial charge on any atom is 0.229 e. The molecule has 2 aromatic rings. The lowest BCUT2D eigenvalue weighted by molar-refractivity contribution is -0.147. The molecule has 4 rings (SSSR count). The molecule has 2 aromatic carbocycles. The van der Waals surface area contributed by atoms with Gasteiger partial charge < -0.3 is 9.80 Å². The third-order valence-corrected chi connectivity index (χ3v) is 7.07. The lowest BCUT2D eigenvalue weighted by atomic mass is 9.72. The van der Waals surface area contributed by atoms with Gasteiger partial charge in [-0.05, 0) is 55.7 Å². The van der Waals surface area contributed by atoms with Gasteiger partial charge in [-0.25, -0.2) is 4.39 Å². The van der Waals surface area contributed by atoms with E-state index in [-0.39, 0.29) is 17.6 Å². The molecule has 0 saturated carbocycles. The molecule has 2 heterocycles. The van der Waals surface area contributed by atoms with E-state index in [2.05, 4.69) is 0 Å². The summed E-state index contributed by atoms with van der Waals surface area (Å²) in [5.74, 6) is 0.213. The van der Waals surface area contributed by atoms with Crippen LogP contribution in [0.5, 0.6) is 0 Å². The molecule has 32 heavy (non-hydrogen) atoms. The quantitative estimate of drug-likeness (QED) is 0.635. The maximum absolute atomic E-state index is 14.2. The van der Waals surface area contributed by atoms with E-state index in [9.17, 15) is 14.0 Å². The molecule has 0 unspecified atom stereocenters. The summed E-state index contributed by atoms with van der Waals surface area (Å²) in [5.41, 5.74) is 2.05. The Bertz CT molecular complexity index is 942. The summed E-state index contributed by atoms with van der Waals surface area (Å²) in [6.07, 6.45) is 5.63. The predicted octanol–water partition coefficient (Wildman–Crippen LogP) is 5.07. The Morgan fingerprint density at radius 1 is 0.906 bits per heavy atom. The van der Waals surface area contributed by atoms with E-state index in [1.165, 1.54) is 6.07 Å². The van der Waals surface area contributed by atoms with Crippen molar-refractivity contribution in [2.75, 3.05) is 26.2 Å². The number of amides is 2. The van der Waals surface area contributed by atoms with Crippen molar-refractivity contribution in [1.29, 1.82) is 0 Å². The lowest BCUT2D eigenvalue weighted by Crippen LogP contribution is -2.51. The van der Waals surface area contributed by atoms with Crippen LogP contribution in [0.3, 0.4) is 0 Å². The highest BCUT2D eigenvalue weighted by molar-refractivity contribution is 5.84. The third kappa shape index (κ3) is 4.72. The van der Waals surface area contributed by atoms with Crippen molar-refractivity contribution in [2.24, 2.45) is 5.41 Å². The van der Waals surface area contributed by atoms with Crippen LogP contribution in [0.25, 0.3) is 11.1 Å². The minimum absolute atomic E-state index is 0.198. The van der Waals surface area contributed by atoms with E-state index in [4.69, 9.17) is 0 Å². The van der Waals surface area contributed by atoms with Crippen LogP contribution >= 0.6 is 0 Å². The standard InChI is InChI=1S/C27H33FN2O2/c1-2-7-25(31)29-18-14-27(15-19-29,26(32)30-16-5-6-17-30)20-21-10-12-22(13-11-21)23-8-3-4-9-24(23)28/h3-4,8-13H,2,5-7,14-20H2,1H3. The molecule has 0 atom stereocenters. The maximum atomic E-state index is 14.2. The summed E-state index contributed by atoms with van der Waals surface area (Å²) in [4.78, 5) is 30.0. The van der Waals surface area contributed by atoms with Crippen LogP contribution < -0.4 is 0 Å². The number of rotatable bonds is 6. The molecule has 0 spiro atoms. The van der Waals surface area contributed by atoms with Crippen LogP contribution in [0.4, 0.5) is 4.39 Å². The fourth-order valence-electron chi connectivity index (χ4n) is 5.17. The Hall–Kier alpha value is -2.69. The highest BCUT2D eigenvalue weighted by Gasteiger charge is 2.44. The fourth-order valence-corrected chi connectivity index (χ4v) is 5.17. The minimum atomic E-state index is -0.465. The van der Waals surface area contributed by atoms with Crippen LogP contribution in [-0.2, 0) is 16.0 Å². The summed E-state index contributed by atoms with van der Waals surface area (Å²) >= 11 is 0. The normalized spacial score (nSPS) is 18.1. The summed E-state index contributed by atoms with van der Waals surface area (Å²) in [6.45, 7) is 4.99. The van der Waals surface area contributed by atoms with E-state index in [0.29, 0.717) is 44.3 Å². The van der Waals surface area contributed by atoms with E-state index in [0.717, 1.165) is 43.5 Å². The van der Waals surface area contributed by atoms with Crippen molar-refractivity contribution >= 4 is 11.8 Å². The lowest BCUT2D eigenvalue weighted by Gasteiger charge is -2.42. The minimum Gasteiger partial charge on any atom is -0.343 e. The summed E-state index contributed by atoms with van der Waals surface area (Å²) < 4.78 is 14.2. The average Bonchev–Trinajstić information content (AvgIpc) is 3.35. The smallest absolute Gasteiger partial charge is 0.229 e. The Balaban J connectivity index is 1.54. The number of hydrogen-bond acceptors (Lipinski definition) is 2. The molecular formula is C27H33FN2O2. The van der Waals surface area contributed by atoms with Gasteiger partial charge in [0.05, 0.1) is 5.41 Å². The van der Waals surface area contributed by atoms with Gasteiger partial charge in [0, 0.05) is 38.2 Å². The van der Waals surface area contributed by atoms with Crippen molar-refractivity contribution in [2.45, 2.75) is 51.9 Å². The summed E-state index contributed by atoms with van der Waals surface area (Å²) in [6, 6.07) is 14.7. The number of piperidine rings is 1. The predicted molar refractivity (Wildman–Crippen MR) is 125 cm³/mol. The first-order chi connectivity index (χ1) is 15.5.